The molecule has 25 nitrogen and oxygen atoms in total. The number of ketones is 1. The van der Waals surface area contributed by atoms with Crippen molar-refractivity contribution in [1.82, 2.24) is 0 Å². The third kappa shape index (κ3) is 17.3. The van der Waals surface area contributed by atoms with Crippen LogP contribution in [0.15, 0.2) is 91.0 Å². The molecule has 0 radical (unpaired) electrons. The van der Waals surface area contributed by atoms with Crippen LogP contribution in [0.25, 0.3) is 0 Å². The van der Waals surface area contributed by atoms with E-state index in [2.05, 4.69) is 15.9 Å². The molecule has 31 heteroatoms. The standard InChI is InChI=1S/C18H26O5S.C16H20O6S.C15H22O5S.C11H19BrO4S.C11H20O5S/c1-16(2)22-12-17(3,13-23-16)24(19,20)18(9-10-18)14-21-11-15-7-5-4-6-8-15;17-8-14(18)16(11-22-12-16)23(19,20)15(6-7-15)10-21-9-13-4-2-1-3-5-13;1-14(10-16,11-17)21(18,19)15(7-8-15)12-20-9-13-5-3-2-4-6-13;2*1-9(2)15-7-10(3,8-16-9)17(13,14)11(6-12)4-5-11/h4-8H,9-14H2,1-3H3;1-5,17H,6-12H2;2-6,16-17H,7-12H2,1H3;4-8H2,1-3H3;12H,4-8H2,1-3H3. The fourth-order valence-electron chi connectivity index (χ4n) is 12.2. The first kappa shape index (κ1) is 84.6. The first-order valence-electron chi connectivity index (χ1n) is 34.4. The lowest BCUT2D eigenvalue weighted by molar-refractivity contribution is -0.254. The summed E-state index contributed by atoms with van der Waals surface area (Å²) in [5, 5.41) is 37.6. The van der Waals surface area contributed by atoms with E-state index >= 15 is 0 Å². The molecule has 5 saturated carbocycles. The van der Waals surface area contributed by atoms with Gasteiger partial charge < -0.3 is 67.8 Å². The maximum absolute atomic E-state index is 13.2. The van der Waals surface area contributed by atoms with Crippen molar-refractivity contribution in [1.29, 1.82) is 0 Å². The van der Waals surface area contributed by atoms with E-state index in [1.54, 1.807) is 62.3 Å². The molecule has 12 rings (SSSR count). The minimum Gasteiger partial charge on any atom is -0.395 e. The average Bonchev–Trinajstić information content (AvgIpc) is 1.60. The van der Waals surface area contributed by atoms with E-state index in [0.29, 0.717) is 76.5 Å². The molecular formula is C71H107BrO25S5. The predicted molar refractivity (Wildman–Crippen MR) is 385 cm³/mol. The Morgan fingerprint density at radius 2 is 0.686 bits per heavy atom. The number of alkyl halides is 1. The summed E-state index contributed by atoms with van der Waals surface area (Å²) in [6.45, 7) is 17.0. The summed E-state index contributed by atoms with van der Waals surface area (Å²) in [7, 11) is -17.6. The van der Waals surface area contributed by atoms with Gasteiger partial charge in [0.2, 0.25) is 0 Å². The minimum absolute atomic E-state index is 0.0602. The Bertz CT molecular complexity index is 3790. The van der Waals surface area contributed by atoms with Gasteiger partial charge >= 0.3 is 0 Å². The summed E-state index contributed by atoms with van der Waals surface area (Å²) in [6.07, 6.45) is 5.80. The fraction of sp³-hybridized carbons (Fsp3) is 0.732. The fourth-order valence-corrected chi connectivity index (χ4v) is 25.4. The van der Waals surface area contributed by atoms with E-state index in [9.17, 15) is 62.2 Å². The molecule has 0 unspecified atom stereocenters. The maximum atomic E-state index is 13.2. The molecule has 9 aliphatic rings. The molecule has 3 aromatic carbocycles. The zero-order chi connectivity index (χ0) is 75.5. The number of ether oxygens (including phenoxy) is 10. The average molecular weight is 1600 g/mol. The highest BCUT2D eigenvalue weighted by Crippen LogP contribution is 2.54. The third-order valence-electron chi connectivity index (χ3n) is 21.3. The van der Waals surface area contributed by atoms with Crippen molar-refractivity contribution in [3.8, 4) is 0 Å². The van der Waals surface area contributed by atoms with Gasteiger partial charge in [0.05, 0.1) is 136 Å². The van der Waals surface area contributed by atoms with Gasteiger partial charge in [0.15, 0.2) is 77.1 Å². The number of hydrogen-bond acceptors (Lipinski definition) is 25. The van der Waals surface area contributed by atoms with Crippen molar-refractivity contribution in [2.75, 3.05) is 104 Å². The Morgan fingerprint density at radius 1 is 0.412 bits per heavy atom. The molecule has 0 bridgehead atoms. The molecule has 0 atom stereocenters. The molecule has 4 aliphatic heterocycles. The minimum atomic E-state index is -3.78. The van der Waals surface area contributed by atoms with Crippen molar-refractivity contribution in [3.05, 3.63) is 108 Å². The van der Waals surface area contributed by atoms with Crippen molar-refractivity contribution >= 4 is 70.9 Å². The Hall–Kier alpha value is -3.00. The van der Waals surface area contributed by atoms with Crippen LogP contribution in [-0.4, -0.2) is 238 Å². The highest BCUT2D eigenvalue weighted by Gasteiger charge is 2.69. The molecule has 0 amide bonds. The van der Waals surface area contributed by atoms with Gasteiger partial charge in [0, 0.05) is 5.33 Å². The van der Waals surface area contributed by atoms with Crippen LogP contribution < -0.4 is 0 Å². The number of benzene rings is 3. The number of aliphatic hydroxyl groups is 4. The molecular weight excluding hydrogens is 1490 g/mol. The normalized spacial score (nSPS) is 24.2. The van der Waals surface area contributed by atoms with E-state index in [0.717, 1.165) is 29.5 Å². The summed E-state index contributed by atoms with van der Waals surface area (Å²) in [6, 6.07) is 28.8. The first-order valence-corrected chi connectivity index (χ1v) is 43.0. The molecule has 4 N–H and O–H groups in total. The quantitative estimate of drug-likeness (QED) is 0.0571. The topological polar surface area (TPSA) is 361 Å². The van der Waals surface area contributed by atoms with Crippen LogP contribution in [0, 0.1) is 0 Å². The lowest BCUT2D eigenvalue weighted by Crippen LogP contribution is -2.65. The molecule has 0 spiro atoms. The van der Waals surface area contributed by atoms with Crippen LogP contribution >= 0.6 is 15.9 Å². The third-order valence-corrected chi connectivity index (χ3v) is 38.8. The predicted octanol–water partition coefficient (Wildman–Crippen LogP) is 6.41. The molecule has 4 heterocycles. The lowest BCUT2D eigenvalue weighted by Gasteiger charge is -2.42. The van der Waals surface area contributed by atoms with Crippen LogP contribution in [0.3, 0.4) is 0 Å². The van der Waals surface area contributed by atoms with Gasteiger partial charge in [-0.05, 0) is 150 Å². The van der Waals surface area contributed by atoms with Crippen molar-refractivity contribution < 1.29 is 115 Å². The van der Waals surface area contributed by atoms with E-state index in [1.165, 1.54) is 6.92 Å². The second-order valence-corrected chi connectivity index (χ2v) is 45.9. The first-order chi connectivity index (χ1) is 47.4. The van der Waals surface area contributed by atoms with Crippen LogP contribution in [0.2, 0.25) is 0 Å². The zero-order valence-corrected chi connectivity index (χ0v) is 66.1. The van der Waals surface area contributed by atoms with Gasteiger partial charge in [0.1, 0.15) is 25.6 Å². The van der Waals surface area contributed by atoms with E-state index < -0.39 is 140 Å². The number of halogens is 1. The number of sulfone groups is 5. The van der Waals surface area contributed by atoms with E-state index in [-0.39, 0.29) is 79.3 Å². The van der Waals surface area contributed by atoms with Crippen LogP contribution in [0.5, 0.6) is 0 Å². The highest BCUT2D eigenvalue weighted by atomic mass is 79.9. The van der Waals surface area contributed by atoms with Gasteiger partial charge in [-0.2, -0.15) is 0 Å². The molecule has 0 aromatic heterocycles. The summed E-state index contributed by atoms with van der Waals surface area (Å²) in [5.41, 5.74) is 2.99. The smallest absolute Gasteiger partial charge is 0.184 e. The highest BCUT2D eigenvalue weighted by molar-refractivity contribution is 9.09. The number of carbonyl (C=O) groups is 1. The monoisotopic (exact) mass is 1600 g/mol. The summed E-state index contributed by atoms with van der Waals surface area (Å²) >= 11 is 3.32. The molecule has 4 saturated heterocycles. The van der Waals surface area contributed by atoms with Gasteiger partial charge in [-0.15, -0.1) is 0 Å². The molecule has 3 aromatic rings. The zero-order valence-electron chi connectivity index (χ0n) is 60.4. The van der Waals surface area contributed by atoms with E-state index in [4.69, 9.17) is 52.5 Å². The van der Waals surface area contributed by atoms with Crippen LogP contribution in [0.4, 0.5) is 0 Å². The number of hydrogen-bond donors (Lipinski definition) is 4. The number of carbonyl (C=O) groups excluding carboxylic acids is 1. The Kier molecular flexibility index (Phi) is 26.2. The molecule has 9 fully saturated rings. The lowest BCUT2D eigenvalue weighted by atomic mass is 10.0. The molecule has 5 aliphatic carbocycles. The van der Waals surface area contributed by atoms with Crippen LogP contribution in [0.1, 0.15) is 150 Å². The maximum Gasteiger partial charge on any atom is 0.184 e. The molecule has 578 valence electrons. The Balaban J connectivity index is 0.000000163. The van der Waals surface area contributed by atoms with Crippen molar-refractivity contribution in [2.24, 2.45) is 0 Å². The second-order valence-electron chi connectivity index (χ2n) is 31.3. The van der Waals surface area contributed by atoms with Gasteiger partial charge in [-0.25, -0.2) is 42.1 Å². The van der Waals surface area contributed by atoms with Crippen molar-refractivity contribution in [3.63, 3.8) is 0 Å². The summed E-state index contributed by atoms with van der Waals surface area (Å²) < 4.78 is 173. The SMILES string of the molecule is CC(CO)(CO)S(=O)(=O)C1(COCc2ccccc2)CC1.CC1(C)OCC(C)(S(=O)(=O)C2(CBr)CC2)CO1.CC1(C)OCC(C)(S(=O)(=O)C2(CO)CC2)CO1.CC1(C)OCC(C)(S(=O)(=O)C2(COCc3ccccc3)CC2)CO1.O=C(CO)C1(S(=O)(=O)C2(COCc3ccccc3)CC2)COC1. The summed E-state index contributed by atoms with van der Waals surface area (Å²) in [5.74, 6) is -2.82. The van der Waals surface area contributed by atoms with Gasteiger partial charge in [-0.1, -0.05) is 107 Å². The van der Waals surface area contributed by atoms with Gasteiger partial charge in [-0.3, -0.25) is 4.79 Å². The molecule has 102 heavy (non-hydrogen) atoms. The Labute approximate surface area is 611 Å². The summed E-state index contributed by atoms with van der Waals surface area (Å²) in [4.78, 5) is 12.0. The Morgan fingerprint density at radius 3 is 0.931 bits per heavy atom. The largest absolute Gasteiger partial charge is 0.395 e. The van der Waals surface area contributed by atoms with Crippen molar-refractivity contribution in [2.45, 2.75) is 218 Å². The number of Topliss-reactive ketones (excluding diaryl/α,β-unsaturated/α-hetero) is 1. The van der Waals surface area contributed by atoms with Gasteiger partial charge in [0.25, 0.3) is 0 Å². The number of aliphatic hydroxyl groups excluding tert-OH is 4. The van der Waals surface area contributed by atoms with Crippen LogP contribution in [-0.2, 0) is 121 Å². The second kappa shape index (κ2) is 31.5. The van der Waals surface area contributed by atoms with E-state index in [1.807, 2.05) is 91.0 Å². The number of rotatable bonds is 28.